The van der Waals surface area contributed by atoms with E-state index >= 15 is 0 Å². The van der Waals surface area contributed by atoms with E-state index in [0.717, 1.165) is 24.1 Å². The molecule has 0 aliphatic heterocycles. The summed E-state index contributed by atoms with van der Waals surface area (Å²) in [6, 6.07) is 5.30. The Labute approximate surface area is 112 Å². The van der Waals surface area contributed by atoms with Gasteiger partial charge in [-0.05, 0) is 43.5 Å². The summed E-state index contributed by atoms with van der Waals surface area (Å²) < 4.78 is 0. The van der Waals surface area contributed by atoms with E-state index < -0.39 is 5.97 Å². The first-order chi connectivity index (χ1) is 9.06. The summed E-state index contributed by atoms with van der Waals surface area (Å²) in [5.41, 5.74) is 2.00. The number of hydrogen-bond donors (Lipinski definition) is 3. The average Bonchev–Trinajstić information content (AvgIpc) is 3.14. The minimum absolute atomic E-state index is 0.0646. The lowest BCUT2D eigenvalue weighted by Crippen LogP contribution is -2.27. The predicted octanol–water partition coefficient (Wildman–Crippen LogP) is 1.77. The van der Waals surface area contributed by atoms with Crippen molar-refractivity contribution in [3.63, 3.8) is 0 Å². The molecule has 1 aliphatic rings. The van der Waals surface area contributed by atoms with Crippen LogP contribution in [0.15, 0.2) is 18.2 Å². The number of rotatable bonds is 6. The first-order valence-electron chi connectivity index (χ1n) is 6.43. The van der Waals surface area contributed by atoms with Crippen molar-refractivity contribution in [1.29, 1.82) is 0 Å². The Morgan fingerprint density at radius 2 is 2.11 bits per heavy atom. The number of carbonyl (C=O) groups is 2. The van der Waals surface area contributed by atoms with Gasteiger partial charge in [-0.1, -0.05) is 0 Å². The van der Waals surface area contributed by atoms with E-state index in [4.69, 9.17) is 5.11 Å². The van der Waals surface area contributed by atoms with Gasteiger partial charge in [-0.25, -0.2) is 4.79 Å². The third-order valence-corrected chi connectivity index (χ3v) is 3.08. The van der Waals surface area contributed by atoms with Crippen LogP contribution in [0.2, 0.25) is 0 Å². The molecule has 0 bridgehead atoms. The number of hydrogen-bond acceptors (Lipinski definition) is 3. The van der Waals surface area contributed by atoms with Gasteiger partial charge in [-0.3, -0.25) is 4.79 Å². The molecule has 1 aliphatic carbocycles. The van der Waals surface area contributed by atoms with Crippen LogP contribution in [0, 0.1) is 6.92 Å². The van der Waals surface area contributed by atoms with Crippen LogP contribution in [0.4, 0.5) is 5.69 Å². The Morgan fingerprint density at radius 3 is 2.68 bits per heavy atom. The maximum absolute atomic E-state index is 11.5. The van der Waals surface area contributed by atoms with Gasteiger partial charge in [0.15, 0.2) is 0 Å². The molecule has 102 valence electrons. The number of anilines is 1. The zero-order valence-corrected chi connectivity index (χ0v) is 10.9. The van der Waals surface area contributed by atoms with Gasteiger partial charge in [0.05, 0.1) is 5.56 Å². The molecule has 2 rings (SSSR count). The molecule has 0 unspecified atom stereocenters. The van der Waals surface area contributed by atoms with Crippen LogP contribution in [0.3, 0.4) is 0 Å². The first kappa shape index (κ1) is 13.4. The highest BCUT2D eigenvalue weighted by Gasteiger charge is 2.22. The van der Waals surface area contributed by atoms with Gasteiger partial charge < -0.3 is 15.7 Å². The summed E-state index contributed by atoms with van der Waals surface area (Å²) in [5.74, 6) is -0.867. The Hall–Kier alpha value is -2.04. The summed E-state index contributed by atoms with van der Waals surface area (Å²) >= 11 is 0. The summed E-state index contributed by atoms with van der Waals surface area (Å²) in [7, 11) is 0. The number of carboxylic acids is 1. The summed E-state index contributed by atoms with van der Waals surface area (Å²) in [4.78, 5) is 22.3. The molecular formula is C14H18N2O3. The second-order valence-electron chi connectivity index (χ2n) is 4.85. The molecule has 1 aromatic rings. The third kappa shape index (κ3) is 3.98. The molecule has 0 saturated heterocycles. The highest BCUT2D eigenvalue weighted by Crippen LogP contribution is 2.19. The van der Waals surface area contributed by atoms with E-state index in [1.807, 2.05) is 6.92 Å². The van der Waals surface area contributed by atoms with Crippen molar-refractivity contribution in [1.82, 2.24) is 5.32 Å². The highest BCUT2D eigenvalue weighted by atomic mass is 16.4. The van der Waals surface area contributed by atoms with Crippen LogP contribution in [-0.4, -0.2) is 29.6 Å². The SMILES string of the molecule is Cc1cc(C(=O)O)ccc1NCCC(=O)NC1CC1. The van der Waals surface area contributed by atoms with Crippen LogP contribution in [0.25, 0.3) is 0 Å². The van der Waals surface area contributed by atoms with Gasteiger partial charge in [0.25, 0.3) is 0 Å². The number of aryl methyl sites for hydroxylation is 1. The van der Waals surface area contributed by atoms with Gasteiger partial charge in [0, 0.05) is 24.7 Å². The highest BCUT2D eigenvalue weighted by molar-refractivity contribution is 5.88. The lowest BCUT2D eigenvalue weighted by Gasteiger charge is -2.10. The Balaban J connectivity index is 1.81. The molecule has 1 fully saturated rings. The van der Waals surface area contributed by atoms with Gasteiger partial charge in [0.1, 0.15) is 0 Å². The van der Waals surface area contributed by atoms with Crippen molar-refractivity contribution < 1.29 is 14.7 Å². The first-order valence-corrected chi connectivity index (χ1v) is 6.43. The molecule has 0 atom stereocenters. The molecule has 3 N–H and O–H groups in total. The van der Waals surface area contributed by atoms with E-state index in [2.05, 4.69) is 10.6 Å². The van der Waals surface area contributed by atoms with Crippen LogP contribution in [0.5, 0.6) is 0 Å². The van der Waals surface area contributed by atoms with Crippen LogP contribution in [0.1, 0.15) is 35.2 Å². The molecule has 5 nitrogen and oxygen atoms in total. The van der Waals surface area contributed by atoms with E-state index in [1.54, 1.807) is 18.2 Å². The van der Waals surface area contributed by atoms with Crippen LogP contribution < -0.4 is 10.6 Å². The Bertz CT molecular complexity index is 495. The van der Waals surface area contributed by atoms with Crippen molar-refractivity contribution >= 4 is 17.6 Å². The lowest BCUT2D eigenvalue weighted by atomic mass is 10.1. The van der Waals surface area contributed by atoms with Crippen LogP contribution >= 0.6 is 0 Å². The lowest BCUT2D eigenvalue weighted by molar-refractivity contribution is -0.120. The van der Waals surface area contributed by atoms with Crippen molar-refractivity contribution in [3.8, 4) is 0 Å². The van der Waals surface area contributed by atoms with E-state index in [1.165, 1.54) is 0 Å². The predicted molar refractivity (Wildman–Crippen MR) is 72.4 cm³/mol. The van der Waals surface area contributed by atoms with Crippen molar-refractivity contribution in [2.24, 2.45) is 0 Å². The van der Waals surface area contributed by atoms with Gasteiger partial charge in [-0.2, -0.15) is 0 Å². The summed E-state index contributed by atoms with van der Waals surface area (Å²) in [5, 5.41) is 14.9. The van der Waals surface area contributed by atoms with E-state index in [9.17, 15) is 9.59 Å². The molecule has 5 heteroatoms. The molecule has 19 heavy (non-hydrogen) atoms. The Kier molecular flexibility index (Phi) is 4.04. The summed E-state index contributed by atoms with van der Waals surface area (Å²) in [6.45, 7) is 2.39. The number of nitrogens with one attached hydrogen (secondary N) is 2. The maximum atomic E-state index is 11.5. The van der Waals surface area contributed by atoms with Gasteiger partial charge in [0.2, 0.25) is 5.91 Å². The number of benzene rings is 1. The van der Waals surface area contributed by atoms with Crippen molar-refractivity contribution in [2.75, 3.05) is 11.9 Å². The third-order valence-electron chi connectivity index (χ3n) is 3.08. The smallest absolute Gasteiger partial charge is 0.335 e. The van der Waals surface area contributed by atoms with Crippen molar-refractivity contribution in [3.05, 3.63) is 29.3 Å². The maximum Gasteiger partial charge on any atom is 0.335 e. The molecule has 0 heterocycles. The van der Waals surface area contributed by atoms with E-state index in [-0.39, 0.29) is 11.5 Å². The normalized spacial score (nSPS) is 13.9. The largest absolute Gasteiger partial charge is 0.478 e. The Morgan fingerprint density at radius 1 is 1.37 bits per heavy atom. The second kappa shape index (κ2) is 5.73. The topological polar surface area (TPSA) is 78.4 Å². The standard InChI is InChI=1S/C14H18N2O3/c1-9-8-10(14(18)19)2-5-12(9)15-7-6-13(17)16-11-3-4-11/h2,5,8,11,15H,3-4,6-7H2,1H3,(H,16,17)(H,18,19). The molecule has 0 aromatic heterocycles. The van der Waals surface area contributed by atoms with Crippen LogP contribution in [-0.2, 0) is 4.79 Å². The number of carboxylic acid groups (broad SMARTS) is 1. The number of carbonyl (C=O) groups excluding carboxylic acids is 1. The van der Waals surface area contributed by atoms with Gasteiger partial charge in [-0.15, -0.1) is 0 Å². The molecular weight excluding hydrogens is 244 g/mol. The molecule has 1 saturated carbocycles. The fraction of sp³-hybridized carbons (Fsp3) is 0.429. The fourth-order valence-corrected chi connectivity index (χ4v) is 1.83. The molecule has 1 aromatic carbocycles. The minimum Gasteiger partial charge on any atom is -0.478 e. The fourth-order valence-electron chi connectivity index (χ4n) is 1.83. The average molecular weight is 262 g/mol. The number of aromatic carboxylic acids is 1. The quantitative estimate of drug-likeness (QED) is 0.730. The molecule has 1 amide bonds. The molecule has 0 spiro atoms. The zero-order chi connectivity index (χ0) is 13.8. The van der Waals surface area contributed by atoms with Gasteiger partial charge >= 0.3 is 5.97 Å². The summed E-state index contributed by atoms with van der Waals surface area (Å²) in [6.07, 6.45) is 2.61. The molecule has 0 radical (unpaired) electrons. The van der Waals surface area contributed by atoms with Crippen molar-refractivity contribution in [2.45, 2.75) is 32.2 Å². The zero-order valence-electron chi connectivity index (χ0n) is 10.9. The minimum atomic E-state index is -0.932. The second-order valence-corrected chi connectivity index (χ2v) is 4.85. The monoisotopic (exact) mass is 262 g/mol. The number of amides is 1. The van der Waals surface area contributed by atoms with E-state index in [0.29, 0.717) is 19.0 Å².